The summed E-state index contributed by atoms with van der Waals surface area (Å²) in [4.78, 5) is 7.59. The monoisotopic (exact) mass is 379 g/mol. The van der Waals surface area contributed by atoms with Crippen molar-refractivity contribution in [3.63, 3.8) is 0 Å². The highest BCUT2D eigenvalue weighted by molar-refractivity contribution is 6.30. The second kappa shape index (κ2) is 7.61. The maximum absolute atomic E-state index is 13.2. The molecular weight excluding hydrogens is 367 g/mol. The predicted octanol–water partition coefficient (Wildman–Crippen LogP) is 5.47. The van der Waals surface area contributed by atoms with Crippen LogP contribution in [-0.2, 0) is 12.8 Å². The SMILES string of the molecule is FC(F)(F)c1cnc(Nc2cccc(Cl)c2)nc1OCc1ccccc1. The van der Waals surface area contributed by atoms with Gasteiger partial charge < -0.3 is 10.1 Å². The van der Waals surface area contributed by atoms with E-state index in [9.17, 15) is 13.2 Å². The van der Waals surface area contributed by atoms with Gasteiger partial charge in [-0.05, 0) is 23.8 Å². The van der Waals surface area contributed by atoms with Crippen molar-refractivity contribution >= 4 is 23.2 Å². The molecule has 0 fully saturated rings. The number of ether oxygens (including phenoxy) is 1. The van der Waals surface area contributed by atoms with Crippen LogP contribution >= 0.6 is 11.6 Å². The van der Waals surface area contributed by atoms with Crippen LogP contribution in [0, 0.1) is 0 Å². The van der Waals surface area contributed by atoms with Crippen LogP contribution < -0.4 is 10.1 Å². The van der Waals surface area contributed by atoms with Gasteiger partial charge in [-0.15, -0.1) is 0 Å². The first-order chi connectivity index (χ1) is 12.4. The maximum Gasteiger partial charge on any atom is 0.423 e. The van der Waals surface area contributed by atoms with Gasteiger partial charge >= 0.3 is 6.18 Å². The van der Waals surface area contributed by atoms with Crippen LogP contribution in [0.1, 0.15) is 11.1 Å². The third-order valence-electron chi connectivity index (χ3n) is 3.36. The number of aromatic nitrogens is 2. The van der Waals surface area contributed by atoms with Gasteiger partial charge in [-0.2, -0.15) is 18.2 Å². The molecule has 0 aliphatic carbocycles. The van der Waals surface area contributed by atoms with Crippen LogP contribution in [0.4, 0.5) is 24.8 Å². The molecule has 0 saturated carbocycles. The van der Waals surface area contributed by atoms with E-state index in [0.717, 1.165) is 5.56 Å². The van der Waals surface area contributed by atoms with E-state index in [4.69, 9.17) is 16.3 Å². The van der Waals surface area contributed by atoms with E-state index in [1.54, 1.807) is 48.5 Å². The van der Waals surface area contributed by atoms with Gasteiger partial charge in [0.05, 0.1) is 0 Å². The lowest BCUT2D eigenvalue weighted by molar-refractivity contribution is -0.139. The van der Waals surface area contributed by atoms with Gasteiger partial charge in [0.1, 0.15) is 12.2 Å². The van der Waals surface area contributed by atoms with E-state index >= 15 is 0 Å². The molecule has 3 rings (SSSR count). The molecule has 26 heavy (non-hydrogen) atoms. The van der Waals surface area contributed by atoms with Gasteiger partial charge in [0.25, 0.3) is 0 Å². The smallest absolute Gasteiger partial charge is 0.423 e. The molecule has 0 radical (unpaired) electrons. The molecular formula is C18H13ClF3N3O. The molecule has 0 bridgehead atoms. The molecule has 1 aromatic heterocycles. The second-order valence-electron chi connectivity index (χ2n) is 5.32. The number of halogens is 4. The summed E-state index contributed by atoms with van der Waals surface area (Å²) in [7, 11) is 0. The van der Waals surface area contributed by atoms with E-state index in [1.807, 2.05) is 6.07 Å². The van der Waals surface area contributed by atoms with Crippen LogP contribution in [0.3, 0.4) is 0 Å². The van der Waals surface area contributed by atoms with Crippen LogP contribution in [0.15, 0.2) is 60.8 Å². The lowest BCUT2D eigenvalue weighted by Gasteiger charge is -2.14. The molecule has 1 N–H and O–H groups in total. The summed E-state index contributed by atoms with van der Waals surface area (Å²) in [5.74, 6) is -0.566. The maximum atomic E-state index is 13.2. The lowest BCUT2D eigenvalue weighted by atomic mass is 10.2. The Hall–Kier alpha value is -2.80. The number of nitrogens with zero attached hydrogens (tertiary/aromatic N) is 2. The molecule has 0 spiro atoms. The van der Waals surface area contributed by atoms with E-state index in [2.05, 4.69) is 15.3 Å². The van der Waals surface area contributed by atoms with E-state index in [0.29, 0.717) is 16.9 Å². The zero-order valence-electron chi connectivity index (χ0n) is 13.3. The number of rotatable bonds is 5. The largest absolute Gasteiger partial charge is 0.472 e. The number of benzene rings is 2. The summed E-state index contributed by atoms with van der Waals surface area (Å²) in [6.07, 6.45) is -3.93. The van der Waals surface area contributed by atoms with Crippen molar-refractivity contribution in [2.75, 3.05) is 5.32 Å². The fraction of sp³-hybridized carbons (Fsp3) is 0.111. The number of alkyl halides is 3. The number of hydrogen-bond donors (Lipinski definition) is 1. The predicted molar refractivity (Wildman–Crippen MR) is 92.5 cm³/mol. The minimum Gasteiger partial charge on any atom is -0.472 e. The van der Waals surface area contributed by atoms with Crippen molar-refractivity contribution in [2.24, 2.45) is 0 Å². The first-order valence-electron chi connectivity index (χ1n) is 7.55. The third kappa shape index (κ3) is 4.64. The van der Waals surface area contributed by atoms with Gasteiger partial charge in [0.15, 0.2) is 0 Å². The lowest BCUT2D eigenvalue weighted by Crippen LogP contribution is -2.12. The fourth-order valence-electron chi connectivity index (χ4n) is 2.15. The zero-order valence-corrected chi connectivity index (χ0v) is 14.1. The summed E-state index contributed by atoms with van der Waals surface area (Å²) >= 11 is 5.89. The van der Waals surface area contributed by atoms with Crippen LogP contribution in [0.5, 0.6) is 5.88 Å². The zero-order chi connectivity index (χ0) is 18.6. The molecule has 0 aliphatic rings. The number of hydrogen-bond acceptors (Lipinski definition) is 4. The average molecular weight is 380 g/mol. The highest BCUT2D eigenvalue weighted by atomic mass is 35.5. The quantitative estimate of drug-likeness (QED) is 0.638. The minimum atomic E-state index is -4.62. The van der Waals surface area contributed by atoms with E-state index in [1.165, 1.54) is 0 Å². The molecule has 2 aromatic carbocycles. The summed E-state index contributed by atoms with van der Waals surface area (Å²) in [6, 6.07) is 15.5. The molecule has 0 aliphatic heterocycles. The minimum absolute atomic E-state index is 0.0247. The van der Waals surface area contributed by atoms with Gasteiger partial charge in [-0.1, -0.05) is 48.0 Å². The molecule has 134 valence electrons. The van der Waals surface area contributed by atoms with Gasteiger partial charge in [-0.3, -0.25) is 0 Å². The van der Waals surface area contributed by atoms with Crippen molar-refractivity contribution in [1.82, 2.24) is 9.97 Å². The van der Waals surface area contributed by atoms with Crippen LogP contribution in [0.2, 0.25) is 5.02 Å². The first-order valence-corrected chi connectivity index (χ1v) is 7.93. The first kappa shape index (κ1) is 18.0. The Kier molecular flexibility index (Phi) is 5.27. The van der Waals surface area contributed by atoms with E-state index < -0.39 is 17.6 Å². The molecule has 0 atom stereocenters. The van der Waals surface area contributed by atoms with Gasteiger partial charge in [-0.25, -0.2) is 4.98 Å². The molecule has 4 nitrogen and oxygen atoms in total. The van der Waals surface area contributed by atoms with Crippen molar-refractivity contribution in [3.8, 4) is 5.88 Å². The Bertz CT molecular complexity index is 888. The highest BCUT2D eigenvalue weighted by Crippen LogP contribution is 2.35. The Morgan fingerprint density at radius 1 is 1.04 bits per heavy atom. The fourth-order valence-corrected chi connectivity index (χ4v) is 2.34. The van der Waals surface area contributed by atoms with Gasteiger partial charge in [0, 0.05) is 16.9 Å². The van der Waals surface area contributed by atoms with Gasteiger partial charge in [0.2, 0.25) is 11.8 Å². The molecule has 1 heterocycles. The van der Waals surface area contributed by atoms with Crippen LogP contribution in [0.25, 0.3) is 0 Å². The molecule has 0 unspecified atom stereocenters. The molecule has 8 heteroatoms. The van der Waals surface area contributed by atoms with Crippen molar-refractivity contribution in [3.05, 3.63) is 76.9 Å². The van der Waals surface area contributed by atoms with E-state index in [-0.39, 0.29) is 12.6 Å². The summed E-state index contributed by atoms with van der Waals surface area (Å²) < 4.78 is 44.9. The Labute approximate surface area is 152 Å². The molecule has 0 amide bonds. The summed E-state index contributed by atoms with van der Waals surface area (Å²) in [5.41, 5.74) is 0.236. The normalized spacial score (nSPS) is 11.2. The number of anilines is 2. The average Bonchev–Trinajstić information content (AvgIpc) is 2.60. The standard InChI is InChI=1S/C18H13ClF3N3O/c19-13-7-4-8-14(9-13)24-17-23-10-15(18(20,21)22)16(25-17)26-11-12-5-2-1-3-6-12/h1-10H,11H2,(H,23,24,25). The Morgan fingerprint density at radius 3 is 2.50 bits per heavy atom. The second-order valence-corrected chi connectivity index (χ2v) is 5.76. The molecule has 3 aromatic rings. The Morgan fingerprint density at radius 2 is 1.81 bits per heavy atom. The van der Waals surface area contributed by atoms with Crippen molar-refractivity contribution < 1.29 is 17.9 Å². The molecule has 0 saturated heterocycles. The summed E-state index contributed by atoms with van der Waals surface area (Å²) in [6.45, 7) is -0.0441. The Balaban J connectivity index is 1.86. The third-order valence-corrected chi connectivity index (χ3v) is 3.59. The van der Waals surface area contributed by atoms with Crippen molar-refractivity contribution in [2.45, 2.75) is 12.8 Å². The highest BCUT2D eigenvalue weighted by Gasteiger charge is 2.36. The van der Waals surface area contributed by atoms with Crippen LogP contribution in [-0.4, -0.2) is 9.97 Å². The van der Waals surface area contributed by atoms with Crippen molar-refractivity contribution in [1.29, 1.82) is 0 Å². The summed E-state index contributed by atoms with van der Waals surface area (Å²) in [5, 5.41) is 3.28. The topological polar surface area (TPSA) is 47.0 Å². The number of nitrogens with one attached hydrogen (secondary N) is 1.